The summed E-state index contributed by atoms with van der Waals surface area (Å²) in [6.07, 6.45) is 5.83. The Morgan fingerprint density at radius 1 is 1.27 bits per heavy atom. The van der Waals surface area contributed by atoms with Crippen LogP contribution in [0.25, 0.3) is 0 Å². The van der Waals surface area contributed by atoms with E-state index in [0.717, 1.165) is 5.57 Å². The smallest absolute Gasteiger partial charge is 0.0287 e. The molecule has 0 saturated heterocycles. The quantitative estimate of drug-likeness (QED) is 0.537. The molecule has 0 aliphatic rings. The number of hydrogen-bond donors (Lipinski definition) is 0. The third kappa shape index (κ3) is 12.4. The van der Waals surface area contributed by atoms with Crippen LogP contribution in [-0.4, -0.2) is 0 Å². The van der Waals surface area contributed by atoms with Crippen molar-refractivity contribution in [1.29, 1.82) is 0 Å². The molecule has 0 nitrogen and oxygen atoms in total. The Morgan fingerprint density at radius 3 is 2.00 bits per heavy atom. The van der Waals surface area contributed by atoms with Crippen LogP contribution in [0.2, 0.25) is 0 Å². The first kappa shape index (κ1) is 12.9. The van der Waals surface area contributed by atoms with E-state index in [9.17, 15) is 0 Å². The maximum absolute atomic E-state index is 3.74. The summed E-state index contributed by atoms with van der Waals surface area (Å²) in [5.41, 5.74) is 0.976. The van der Waals surface area contributed by atoms with Gasteiger partial charge in [-0.3, -0.25) is 0 Å². The lowest BCUT2D eigenvalue weighted by atomic mass is 10.1. The van der Waals surface area contributed by atoms with Gasteiger partial charge in [-0.05, 0) is 11.5 Å². The van der Waals surface area contributed by atoms with E-state index in [2.05, 4.69) is 33.1 Å². The average Bonchev–Trinajstić information content (AvgIpc) is 2.04. The largest absolute Gasteiger partial charge is 0.0985 e. The van der Waals surface area contributed by atoms with Gasteiger partial charge in [-0.2, -0.15) is 0 Å². The van der Waals surface area contributed by atoms with Crippen molar-refractivity contribution in [3.63, 3.8) is 0 Å². The molecule has 0 N–H and O–H groups in total. The first-order chi connectivity index (χ1) is 5.16. The number of allylic oxidation sites excluding steroid dienone is 4. The lowest BCUT2D eigenvalue weighted by Gasteiger charge is -1.92. The topological polar surface area (TPSA) is 0 Å². The zero-order valence-corrected chi connectivity index (χ0v) is 8.22. The van der Waals surface area contributed by atoms with E-state index in [1.807, 2.05) is 19.9 Å². The van der Waals surface area contributed by atoms with Crippen LogP contribution in [0, 0.1) is 5.92 Å². The minimum atomic E-state index is 0.599. The minimum absolute atomic E-state index is 0.599. The lowest BCUT2D eigenvalue weighted by Crippen LogP contribution is -1.76. The summed E-state index contributed by atoms with van der Waals surface area (Å²) in [5, 5.41) is 0. The van der Waals surface area contributed by atoms with E-state index in [0.29, 0.717) is 5.92 Å². The van der Waals surface area contributed by atoms with Gasteiger partial charge in [0.05, 0.1) is 0 Å². The zero-order valence-electron chi connectivity index (χ0n) is 8.22. The monoisotopic (exact) mass is 152 g/mol. The van der Waals surface area contributed by atoms with Crippen LogP contribution < -0.4 is 0 Å². The van der Waals surface area contributed by atoms with Gasteiger partial charge >= 0.3 is 0 Å². The van der Waals surface area contributed by atoms with Crippen LogP contribution >= 0.6 is 0 Å². The Labute approximate surface area is 71.3 Å². The molecule has 0 spiro atoms. The molecule has 0 amide bonds. The maximum Gasteiger partial charge on any atom is -0.0287 e. The van der Waals surface area contributed by atoms with Crippen molar-refractivity contribution in [2.24, 2.45) is 5.92 Å². The Kier molecular flexibility index (Phi) is 10.8. The normalized spacial score (nSPS) is 9.18. The highest BCUT2D eigenvalue weighted by atomic mass is 13.9. The van der Waals surface area contributed by atoms with Crippen LogP contribution in [0.5, 0.6) is 0 Å². The van der Waals surface area contributed by atoms with E-state index in [-0.39, 0.29) is 0 Å². The average molecular weight is 152 g/mol. The second kappa shape index (κ2) is 9.22. The van der Waals surface area contributed by atoms with E-state index < -0.39 is 0 Å². The maximum atomic E-state index is 3.74. The van der Waals surface area contributed by atoms with E-state index in [1.165, 1.54) is 0 Å². The van der Waals surface area contributed by atoms with Crippen LogP contribution in [-0.2, 0) is 0 Å². The highest BCUT2D eigenvalue weighted by Crippen LogP contribution is 1.98. The van der Waals surface area contributed by atoms with Gasteiger partial charge in [-0.15, -0.1) is 0 Å². The molecule has 0 heteroatoms. The van der Waals surface area contributed by atoms with Gasteiger partial charge in [0.1, 0.15) is 0 Å². The Hall–Kier alpha value is -0.780. The highest BCUT2D eigenvalue weighted by molar-refractivity contribution is 5.25. The fourth-order valence-electron chi connectivity index (χ4n) is 0.384. The molecule has 0 unspecified atom stereocenters. The lowest BCUT2D eigenvalue weighted by molar-refractivity contribution is 0.831. The van der Waals surface area contributed by atoms with E-state index in [1.54, 1.807) is 6.08 Å². The predicted octanol–water partition coefficient (Wildman–Crippen LogP) is 3.97. The van der Waals surface area contributed by atoms with Gasteiger partial charge < -0.3 is 0 Å². The summed E-state index contributed by atoms with van der Waals surface area (Å²) in [5.74, 6) is 0.599. The summed E-state index contributed by atoms with van der Waals surface area (Å²) in [6, 6.07) is 0. The Morgan fingerprint density at radius 2 is 1.73 bits per heavy atom. The Balaban J connectivity index is 0. The molecule has 0 atom stereocenters. The number of hydrogen-bond acceptors (Lipinski definition) is 0. The molecule has 11 heavy (non-hydrogen) atoms. The number of rotatable bonds is 3. The van der Waals surface area contributed by atoms with Crippen molar-refractivity contribution >= 4 is 0 Å². The van der Waals surface area contributed by atoms with Crippen LogP contribution in [0.3, 0.4) is 0 Å². The first-order valence-electron chi connectivity index (χ1n) is 4.16. The molecule has 0 aromatic carbocycles. The second-order valence-electron chi connectivity index (χ2n) is 2.38. The molecule has 0 bridgehead atoms. The fraction of sp³-hybridized carbons (Fsp3) is 0.455. The van der Waals surface area contributed by atoms with Crippen molar-refractivity contribution in [1.82, 2.24) is 0 Å². The van der Waals surface area contributed by atoms with E-state index in [4.69, 9.17) is 0 Å². The fourth-order valence-corrected chi connectivity index (χ4v) is 0.384. The van der Waals surface area contributed by atoms with Crippen molar-refractivity contribution in [3.05, 3.63) is 37.0 Å². The molecule has 0 aliphatic carbocycles. The van der Waals surface area contributed by atoms with Gasteiger partial charge in [0.2, 0.25) is 0 Å². The van der Waals surface area contributed by atoms with Gasteiger partial charge in [0.15, 0.2) is 0 Å². The van der Waals surface area contributed by atoms with Crippen molar-refractivity contribution in [2.75, 3.05) is 0 Å². The predicted molar refractivity (Wildman–Crippen MR) is 54.7 cm³/mol. The molecule has 0 radical (unpaired) electrons. The summed E-state index contributed by atoms with van der Waals surface area (Å²) in [4.78, 5) is 0. The summed E-state index contributed by atoms with van der Waals surface area (Å²) >= 11 is 0. The van der Waals surface area contributed by atoms with Gasteiger partial charge in [0, 0.05) is 0 Å². The SMILES string of the molecule is C=CC(=C)/C=C\C(C)C.CC. The molecule has 0 fully saturated rings. The molecule has 64 valence electrons. The van der Waals surface area contributed by atoms with E-state index >= 15 is 0 Å². The van der Waals surface area contributed by atoms with Crippen LogP contribution in [0.15, 0.2) is 37.0 Å². The van der Waals surface area contributed by atoms with Gasteiger partial charge in [-0.1, -0.05) is 59.1 Å². The van der Waals surface area contributed by atoms with Gasteiger partial charge in [0.25, 0.3) is 0 Å². The minimum Gasteiger partial charge on any atom is -0.0985 e. The van der Waals surface area contributed by atoms with Crippen LogP contribution in [0.1, 0.15) is 27.7 Å². The molecule has 0 aromatic heterocycles. The molecule has 0 heterocycles. The standard InChI is InChI=1S/C9H14.C2H6/c1-5-9(4)7-6-8(2)3;1-2/h5-8H,1,4H2,2-3H3;1-2H3/b7-6-;. The summed E-state index contributed by atoms with van der Waals surface area (Å²) in [7, 11) is 0. The van der Waals surface area contributed by atoms with Crippen molar-refractivity contribution in [3.8, 4) is 0 Å². The molecule has 0 rings (SSSR count). The molecule has 0 aromatic rings. The van der Waals surface area contributed by atoms with Crippen LogP contribution in [0.4, 0.5) is 0 Å². The first-order valence-corrected chi connectivity index (χ1v) is 4.16. The molecular formula is C11H20. The zero-order chi connectivity index (χ0) is 9.28. The highest BCUT2D eigenvalue weighted by Gasteiger charge is 1.82. The molecule has 0 aliphatic heterocycles. The van der Waals surface area contributed by atoms with Crippen molar-refractivity contribution in [2.45, 2.75) is 27.7 Å². The van der Waals surface area contributed by atoms with Gasteiger partial charge in [-0.25, -0.2) is 0 Å². The molecule has 0 saturated carbocycles. The third-order valence-corrected chi connectivity index (χ3v) is 0.957. The Bertz CT molecular complexity index is 127. The second-order valence-corrected chi connectivity index (χ2v) is 2.38. The third-order valence-electron chi connectivity index (χ3n) is 0.957. The molecular weight excluding hydrogens is 132 g/mol. The summed E-state index contributed by atoms with van der Waals surface area (Å²) in [6.45, 7) is 15.6. The van der Waals surface area contributed by atoms with Crippen molar-refractivity contribution < 1.29 is 0 Å². The summed E-state index contributed by atoms with van der Waals surface area (Å²) < 4.78 is 0.